The number of hydrogen-bond donors (Lipinski definition) is 3. The fourth-order valence-corrected chi connectivity index (χ4v) is 4.11. The Morgan fingerprint density at radius 1 is 0.882 bits per heavy atom. The minimum absolute atomic E-state index is 0.109. The number of fused-ring (bicyclic) bond motifs is 2. The Hall–Kier alpha value is -4.32. The summed E-state index contributed by atoms with van der Waals surface area (Å²) in [6.07, 6.45) is 1.04. The molecule has 0 spiro atoms. The molecule has 6 nitrogen and oxygen atoms in total. The Morgan fingerprint density at radius 2 is 1.53 bits per heavy atom. The average molecular weight is 456 g/mol. The summed E-state index contributed by atoms with van der Waals surface area (Å²) in [5.74, 6) is -0.986. The third kappa shape index (κ3) is 4.71. The number of benzene rings is 4. The van der Waals surface area contributed by atoms with Gasteiger partial charge in [0.25, 0.3) is 0 Å². The maximum atomic E-state index is 13.1. The number of ether oxygens (including phenoxy) is 1. The number of aliphatic carboxylic acids is 1. The van der Waals surface area contributed by atoms with Gasteiger partial charge in [0, 0.05) is 27.8 Å². The van der Waals surface area contributed by atoms with Gasteiger partial charge >= 0.3 is 12.1 Å². The second-order valence-electron chi connectivity index (χ2n) is 8.65. The van der Waals surface area contributed by atoms with Gasteiger partial charge in [0.15, 0.2) is 0 Å². The predicted molar refractivity (Wildman–Crippen MR) is 133 cm³/mol. The highest BCUT2D eigenvalue weighted by Gasteiger charge is 2.34. The van der Waals surface area contributed by atoms with Crippen molar-refractivity contribution >= 4 is 39.3 Å². The third-order valence-electron chi connectivity index (χ3n) is 5.80. The van der Waals surface area contributed by atoms with Crippen molar-refractivity contribution in [2.45, 2.75) is 20.0 Å². The van der Waals surface area contributed by atoms with Crippen LogP contribution in [0.5, 0.6) is 5.75 Å². The quantitative estimate of drug-likeness (QED) is 0.283. The molecule has 1 amide bonds. The van der Waals surface area contributed by atoms with Crippen molar-refractivity contribution in [3.63, 3.8) is 0 Å². The molecule has 6 heteroatoms. The number of anilines is 1. The Morgan fingerprint density at radius 3 is 2.26 bits per heavy atom. The standard InChI is InChI=1S/C28H25NO5/c1-28(2,17-16-25(31)32)26(22-14-15-24(30)21-12-6-5-11-20(21)22)34-27(33)29-23-13-7-9-18-8-3-4-10-19(18)23/h3-17,26,30H,1-2H3,(H,29,33)(H,31,32)/b17-16+/t26-/m0/s1. The molecule has 0 radical (unpaired) electrons. The molecule has 4 aromatic rings. The molecule has 0 fully saturated rings. The molecule has 0 saturated heterocycles. The third-order valence-corrected chi connectivity index (χ3v) is 5.80. The van der Waals surface area contributed by atoms with Crippen molar-refractivity contribution in [3.8, 4) is 5.75 Å². The molecule has 0 unspecified atom stereocenters. The fraction of sp³-hybridized carbons (Fsp3) is 0.143. The molecule has 172 valence electrons. The second-order valence-corrected chi connectivity index (χ2v) is 8.65. The lowest BCUT2D eigenvalue weighted by Gasteiger charge is -2.32. The van der Waals surface area contributed by atoms with E-state index in [4.69, 9.17) is 4.74 Å². The summed E-state index contributed by atoms with van der Waals surface area (Å²) in [7, 11) is 0. The smallest absolute Gasteiger partial charge is 0.412 e. The van der Waals surface area contributed by atoms with Gasteiger partial charge in [-0.15, -0.1) is 0 Å². The molecule has 4 aromatic carbocycles. The summed E-state index contributed by atoms with van der Waals surface area (Å²) in [6, 6.07) is 23.8. The monoisotopic (exact) mass is 455 g/mol. The summed E-state index contributed by atoms with van der Waals surface area (Å²) in [5.41, 5.74) is 0.381. The van der Waals surface area contributed by atoms with E-state index in [1.54, 1.807) is 38.1 Å². The van der Waals surface area contributed by atoms with Gasteiger partial charge in [-0.3, -0.25) is 5.32 Å². The Labute approximate surface area is 197 Å². The highest BCUT2D eigenvalue weighted by atomic mass is 16.6. The van der Waals surface area contributed by atoms with Crippen LogP contribution in [0.2, 0.25) is 0 Å². The minimum Gasteiger partial charge on any atom is -0.507 e. The van der Waals surface area contributed by atoms with E-state index in [-0.39, 0.29) is 5.75 Å². The first kappa shape index (κ1) is 22.9. The normalized spacial score (nSPS) is 12.6. The lowest BCUT2D eigenvalue weighted by molar-refractivity contribution is -0.131. The molecule has 0 heterocycles. The number of carboxylic acids is 1. The summed E-state index contributed by atoms with van der Waals surface area (Å²) in [4.78, 5) is 24.3. The largest absolute Gasteiger partial charge is 0.507 e. The maximum Gasteiger partial charge on any atom is 0.412 e. The van der Waals surface area contributed by atoms with E-state index in [9.17, 15) is 19.8 Å². The van der Waals surface area contributed by atoms with Crippen LogP contribution < -0.4 is 5.32 Å². The van der Waals surface area contributed by atoms with Crippen molar-refractivity contribution in [2.24, 2.45) is 5.41 Å². The minimum atomic E-state index is -1.09. The number of amides is 1. The zero-order valence-electron chi connectivity index (χ0n) is 18.9. The lowest BCUT2D eigenvalue weighted by atomic mass is 9.80. The average Bonchev–Trinajstić information content (AvgIpc) is 2.82. The van der Waals surface area contributed by atoms with E-state index in [2.05, 4.69) is 5.32 Å². The highest BCUT2D eigenvalue weighted by Crippen LogP contribution is 2.42. The number of carbonyl (C=O) groups excluding carboxylic acids is 1. The van der Waals surface area contributed by atoms with Crippen LogP contribution in [0, 0.1) is 5.41 Å². The van der Waals surface area contributed by atoms with E-state index in [1.807, 2.05) is 54.6 Å². The van der Waals surface area contributed by atoms with Crippen LogP contribution in [0.1, 0.15) is 25.5 Å². The predicted octanol–water partition coefficient (Wildman–Crippen LogP) is 6.66. The van der Waals surface area contributed by atoms with Gasteiger partial charge < -0.3 is 14.9 Å². The summed E-state index contributed by atoms with van der Waals surface area (Å²) in [6.45, 7) is 3.59. The van der Waals surface area contributed by atoms with Crippen LogP contribution in [0.4, 0.5) is 10.5 Å². The van der Waals surface area contributed by atoms with Gasteiger partial charge in [-0.2, -0.15) is 0 Å². The van der Waals surface area contributed by atoms with Gasteiger partial charge in [-0.25, -0.2) is 9.59 Å². The van der Waals surface area contributed by atoms with Gasteiger partial charge in [-0.05, 0) is 22.9 Å². The summed E-state index contributed by atoms with van der Waals surface area (Å²) in [5, 5.41) is 25.5. The Balaban J connectivity index is 1.74. The molecule has 3 N–H and O–H groups in total. The van der Waals surface area contributed by atoms with Crippen molar-refractivity contribution in [2.75, 3.05) is 5.32 Å². The molecule has 0 saturated carbocycles. The van der Waals surface area contributed by atoms with Gasteiger partial charge in [0.05, 0.1) is 5.69 Å². The van der Waals surface area contributed by atoms with Gasteiger partial charge in [0.1, 0.15) is 11.9 Å². The van der Waals surface area contributed by atoms with Crippen molar-refractivity contribution < 1.29 is 24.5 Å². The van der Waals surface area contributed by atoms with E-state index >= 15 is 0 Å². The van der Waals surface area contributed by atoms with Gasteiger partial charge in [0.2, 0.25) is 0 Å². The van der Waals surface area contributed by atoms with E-state index in [0.29, 0.717) is 22.0 Å². The summed E-state index contributed by atoms with van der Waals surface area (Å²) < 4.78 is 5.96. The number of phenolic OH excluding ortho intramolecular Hbond substituents is 1. The van der Waals surface area contributed by atoms with E-state index in [0.717, 1.165) is 16.8 Å². The first-order valence-corrected chi connectivity index (χ1v) is 10.8. The fourth-order valence-electron chi connectivity index (χ4n) is 4.11. The molecular formula is C28H25NO5. The van der Waals surface area contributed by atoms with Crippen molar-refractivity contribution in [1.29, 1.82) is 0 Å². The second kappa shape index (κ2) is 9.27. The zero-order valence-corrected chi connectivity index (χ0v) is 18.9. The molecule has 0 aliphatic rings. The van der Waals surface area contributed by atoms with Crippen LogP contribution in [0.25, 0.3) is 21.5 Å². The number of rotatable bonds is 6. The molecule has 34 heavy (non-hydrogen) atoms. The number of hydrogen-bond acceptors (Lipinski definition) is 4. The molecule has 1 atom stereocenters. The van der Waals surface area contributed by atoms with Gasteiger partial charge in [-0.1, -0.05) is 86.7 Å². The first-order valence-electron chi connectivity index (χ1n) is 10.8. The van der Waals surface area contributed by atoms with E-state index < -0.39 is 23.6 Å². The van der Waals surface area contributed by atoms with Crippen molar-refractivity contribution in [1.82, 2.24) is 0 Å². The van der Waals surface area contributed by atoms with Crippen molar-refractivity contribution in [3.05, 3.63) is 96.6 Å². The van der Waals surface area contributed by atoms with Crippen LogP contribution in [0.15, 0.2) is 91.0 Å². The highest BCUT2D eigenvalue weighted by molar-refractivity contribution is 6.00. The topological polar surface area (TPSA) is 95.9 Å². The molecule has 0 aromatic heterocycles. The lowest BCUT2D eigenvalue weighted by Crippen LogP contribution is -2.28. The number of phenols is 1. The first-order chi connectivity index (χ1) is 16.3. The molecule has 4 rings (SSSR count). The maximum absolute atomic E-state index is 13.1. The number of carboxylic acid groups (broad SMARTS) is 1. The van der Waals surface area contributed by atoms with Crippen LogP contribution >= 0.6 is 0 Å². The summed E-state index contributed by atoms with van der Waals surface area (Å²) >= 11 is 0. The Bertz CT molecular complexity index is 1400. The van der Waals surface area contributed by atoms with Crippen LogP contribution in [-0.4, -0.2) is 22.3 Å². The molecule has 0 bridgehead atoms. The molecule has 0 aliphatic carbocycles. The van der Waals surface area contributed by atoms with E-state index in [1.165, 1.54) is 6.08 Å². The zero-order chi connectivity index (χ0) is 24.3. The van der Waals surface area contributed by atoms with Crippen LogP contribution in [0.3, 0.4) is 0 Å². The Kier molecular flexibility index (Phi) is 6.23. The number of aromatic hydroxyl groups is 1. The number of nitrogens with one attached hydrogen (secondary N) is 1. The number of carbonyl (C=O) groups is 2. The molecular weight excluding hydrogens is 430 g/mol. The van der Waals surface area contributed by atoms with Crippen LogP contribution in [-0.2, 0) is 9.53 Å². The SMILES string of the molecule is CC(C)(/C=C/C(=O)O)[C@@H](OC(=O)Nc1cccc2ccccc12)c1ccc(O)c2ccccc12. The molecule has 0 aliphatic heterocycles.